The van der Waals surface area contributed by atoms with Gasteiger partial charge in [-0.25, -0.2) is 0 Å². The second-order valence-electron chi connectivity index (χ2n) is 5.74. The third kappa shape index (κ3) is 4.15. The van der Waals surface area contributed by atoms with E-state index < -0.39 is 6.10 Å². The van der Waals surface area contributed by atoms with E-state index in [1.165, 1.54) is 11.3 Å². The smallest absolute Gasteiger partial charge is 0.280 e. The number of hydrazine groups is 1. The lowest BCUT2D eigenvalue weighted by Crippen LogP contribution is -2.43. The number of hydrogen-bond donors (Lipinski definition) is 4. The molecular formula is C17H18ClN3O2S3. The van der Waals surface area contributed by atoms with Crippen molar-refractivity contribution in [3.05, 3.63) is 45.3 Å². The van der Waals surface area contributed by atoms with E-state index in [2.05, 4.69) is 16.2 Å². The van der Waals surface area contributed by atoms with Gasteiger partial charge in [0, 0.05) is 5.56 Å². The predicted octanol–water partition coefficient (Wildman–Crippen LogP) is 4.12. The number of hydrogen-bond acceptors (Lipinski definition) is 5. The molecule has 0 aliphatic heterocycles. The average Bonchev–Trinajstić information content (AvgIpc) is 3.02. The third-order valence-corrected chi connectivity index (χ3v) is 6.97. The first-order valence-corrected chi connectivity index (χ1v) is 10.8. The molecule has 0 saturated heterocycles. The Hall–Kier alpha value is -1.32. The van der Waals surface area contributed by atoms with E-state index in [0.717, 1.165) is 34.6 Å². The van der Waals surface area contributed by atoms with Crippen molar-refractivity contribution in [3.63, 3.8) is 0 Å². The number of amides is 1. The van der Waals surface area contributed by atoms with Gasteiger partial charge in [-0.3, -0.25) is 15.6 Å². The minimum absolute atomic E-state index is 0.238. The molecule has 1 heterocycles. The van der Waals surface area contributed by atoms with Gasteiger partial charge in [-0.15, -0.1) is 23.1 Å². The molecule has 1 amide bonds. The van der Waals surface area contributed by atoms with Gasteiger partial charge in [-0.05, 0) is 55.4 Å². The van der Waals surface area contributed by atoms with Crippen molar-refractivity contribution in [2.75, 3.05) is 11.6 Å². The van der Waals surface area contributed by atoms with Gasteiger partial charge in [-0.2, -0.15) is 0 Å². The second-order valence-corrected chi connectivity index (χ2v) is 8.65. The lowest BCUT2D eigenvalue weighted by molar-refractivity contribution is 0.0946. The van der Waals surface area contributed by atoms with Gasteiger partial charge in [0.15, 0.2) is 5.11 Å². The lowest BCUT2D eigenvalue weighted by Gasteiger charge is -2.19. The van der Waals surface area contributed by atoms with Crippen molar-refractivity contribution in [2.24, 2.45) is 0 Å². The molecule has 0 radical (unpaired) electrons. The molecule has 26 heavy (non-hydrogen) atoms. The Bertz CT molecular complexity index is 841. The molecule has 138 valence electrons. The van der Waals surface area contributed by atoms with E-state index in [0.29, 0.717) is 15.6 Å². The minimum Gasteiger partial charge on any atom is -0.388 e. The SMILES string of the molecule is CSc1sc(C(=O)NNC(=S)Nc2ccccc2Cl)c2c1C(O)CCC2. The standard InChI is InChI=1S/C17H18ClN3O2S3/c1-25-16-13-9(5-4-8-12(13)22)14(26-16)15(23)20-21-17(24)19-11-7-3-2-6-10(11)18/h2-3,6-7,12,22H,4-5,8H2,1H3,(H,20,23)(H2,19,21,24). The summed E-state index contributed by atoms with van der Waals surface area (Å²) in [5, 5.41) is 14.0. The van der Waals surface area contributed by atoms with Gasteiger partial charge in [0.05, 0.1) is 25.9 Å². The van der Waals surface area contributed by atoms with Crippen LogP contribution in [0.5, 0.6) is 0 Å². The molecule has 1 aromatic heterocycles. The Morgan fingerprint density at radius 3 is 2.88 bits per heavy atom. The number of carbonyl (C=O) groups is 1. The quantitative estimate of drug-likeness (QED) is 0.335. The van der Waals surface area contributed by atoms with Crippen molar-refractivity contribution in [1.82, 2.24) is 10.9 Å². The Labute approximate surface area is 170 Å². The highest BCUT2D eigenvalue weighted by molar-refractivity contribution is 8.00. The van der Waals surface area contributed by atoms with Crippen LogP contribution in [0.4, 0.5) is 5.69 Å². The van der Waals surface area contributed by atoms with E-state index in [4.69, 9.17) is 23.8 Å². The van der Waals surface area contributed by atoms with Crippen molar-refractivity contribution >= 4 is 63.6 Å². The zero-order valence-corrected chi connectivity index (χ0v) is 17.2. The molecule has 1 aromatic carbocycles. The Morgan fingerprint density at radius 1 is 1.38 bits per heavy atom. The molecule has 0 saturated carbocycles. The number of thiocarbonyl (C=S) groups is 1. The number of thiophene rings is 1. The minimum atomic E-state index is -0.491. The number of benzene rings is 1. The van der Waals surface area contributed by atoms with Crippen LogP contribution in [0.1, 0.15) is 39.7 Å². The van der Waals surface area contributed by atoms with Crippen LogP contribution in [0.3, 0.4) is 0 Å². The van der Waals surface area contributed by atoms with Crippen molar-refractivity contribution in [1.29, 1.82) is 0 Å². The number of rotatable bonds is 3. The lowest BCUT2D eigenvalue weighted by atomic mass is 9.91. The topological polar surface area (TPSA) is 73.4 Å². The van der Waals surface area contributed by atoms with Gasteiger partial charge in [0.1, 0.15) is 0 Å². The molecule has 9 heteroatoms. The first kappa shape index (κ1) is 19.4. The van der Waals surface area contributed by atoms with Gasteiger partial charge in [-0.1, -0.05) is 23.7 Å². The van der Waals surface area contributed by atoms with E-state index in [9.17, 15) is 9.90 Å². The van der Waals surface area contributed by atoms with Gasteiger partial charge >= 0.3 is 0 Å². The average molecular weight is 428 g/mol. The van der Waals surface area contributed by atoms with Crippen LogP contribution >= 0.6 is 46.9 Å². The van der Waals surface area contributed by atoms with Crippen LogP contribution in [-0.2, 0) is 6.42 Å². The molecule has 4 N–H and O–H groups in total. The first-order valence-electron chi connectivity index (χ1n) is 8.00. The number of halogens is 1. The number of carbonyl (C=O) groups excluding carboxylic acids is 1. The second kappa shape index (κ2) is 8.58. The zero-order valence-electron chi connectivity index (χ0n) is 14.0. The number of nitrogens with one attached hydrogen (secondary N) is 3. The normalized spacial score (nSPS) is 15.9. The maximum atomic E-state index is 12.6. The molecule has 1 unspecified atom stereocenters. The summed E-state index contributed by atoms with van der Waals surface area (Å²) >= 11 is 14.2. The maximum Gasteiger partial charge on any atom is 0.280 e. The third-order valence-electron chi connectivity index (χ3n) is 4.05. The summed E-state index contributed by atoms with van der Waals surface area (Å²) in [6.45, 7) is 0. The Morgan fingerprint density at radius 2 is 2.15 bits per heavy atom. The monoisotopic (exact) mass is 427 g/mol. The molecule has 0 spiro atoms. The van der Waals surface area contributed by atoms with E-state index in [1.54, 1.807) is 23.9 Å². The Balaban J connectivity index is 1.67. The van der Waals surface area contributed by atoms with E-state index in [1.807, 2.05) is 18.4 Å². The molecule has 1 atom stereocenters. The maximum absolute atomic E-state index is 12.6. The molecule has 1 aliphatic rings. The highest BCUT2D eigenvalue weighted by atomic mass is 35.5. The predicted molar refractivity (Wildman–Crippen MR) is 112 cm³/mol. The van der Waals surface area contributed by atoms with Gasteiger partial charge < -0.3 is 10.4 Å². The fraction of sp³-hybridized carbons (Fsp3) is 0.294. The molecular weight excluding hydrogens is 410 g/mol. The van der Waals surface area contributed by atoms with Crippen LogP contribution in [0.15, 0.2) is 28.5 Å². The van der Waals surface area contributed by atoms with E-state index in [-0.39, 0.29) is 11.0 Å². The number of thioether (sulfide) groups is 1. The number of aliphatic hydroxyl groups excluding tert-OH is 1. The van der Waals surface area contributed by atoms with Crippen molar-refractivity contribution < 1.29 is 9.90 Å². The molecule has 1 aliphatic carbocycles. The van der Waals surface area contributed by atoms with Crippen LogP contribution in [-0.4, -0.2) is 22.4 Å². The Kier molecular flexibility index (Phi) is 6.42. The molecule has 3 rings (SSSR count). The fourth-order valence-corrected chi connectivity index (χ4v) is 5.32. The van der Waals surface area contributed by atoms with Crippen LogP contribution < -0.4 is 16.2 Å². The van der Waals surface area contributed by atoms with Gasteiger partial charge in [0.2, 0.25) is 0 Å². The summed E-state index contributed by atoms with van der Waals surface area (Å²) in [5.74, 6) is -0.260. The van der Waals surface area contributed by atoms with E-state index >= 15 is 0 Å². The molecule has 5 nitrogen and oxygen atoms in total. The highest BCUT2D eigenvalue weighted by Crippen LogP contribution is 2.43. The van der Waals surface area contributed by atoms with Crippen LogP contribution in [0, 0.1) is 0 Å². The molecule has 0 fully saturated rings. The van der Waals surface area contributed by atoms with Crippen LogP contribution in [0.25, 0.3) is 0 Å². The summed E-state index contributed by atoms with van der Waals surface area (Å²) in [7, 11) is 0. The largest absolute Gasteiger partial charge is 0.388 e. The van der Waals surface area contributed by atoms with Crippen molar-refractivity contribution in [3.8, 4) is 0 Å². The van der Waals surface area contributed by atoms with Crippen molar-refractivity contribution in [2.45, 2.75) is 29.6 Å². The number of aliphatic hydroxyl groups is 1. The number of anilines is 1. The number of para-hydroxylation sites is 1. The summed E-state index contributed by atoms with van der Waals surface area (Å²) in [6.07, 6.45) is 3.88. The number of fused-ring (bicyclic) bond motifs is 1. The highest BCUT2D eigenvalue weighted by Gasteiger charge is 2.29. The summed E-state index contributed by atoms with van der Waals surface area (Å²) in [4.78, 5) is 13.2. The summed E-state index contributed by atoms with van der Waals surface area (Å²) in [6, 6.07) is 7.20. The summed E-state index contributed by atoms with van der Waals surface area (Å²) in [5.41, 5.74) is 7.84. The first-order chi connectivity index (χ1) is 12.5. The van der Waals surface area contributed by atoms with Crippen LogP contribution in [0.2, 0.25) is 5.02 Å². The zero-order chi connectivity index (χ0) is 18.7. The molecule has 0 bridgehead atoms. The fourth-order valence-electron chi connectivity index (χ4n) is 2.88. The summed E-state index contributed by atoms with van der Waals surface area (Å²) < 4.78 is 0.995. The van der Waals surface area contributed by atoms with Gasteiger partial charge in [0.25, 0.3) is 5.91 Å². The molecule has 2 aromatic rings.